The van der Waals surface area contributed by atoms with Crippen LogP contribution in [0.4, 0.5) is 0 Å². The lowest BCUT2D eigenvalue weighted by Crippen LogP contribution is -2.44. The van der Waals surface area contributed by atoms with Gasteiger partial charge in [-0.25, -0.2) is 9.59 Å². The van der Waals surface area contributed by atoms with Gasteiger partial charge in [0.05, 0.1) is 11.0 Å². The summed E-state index contributed by atoms with van der Waals surface area (Å²) in [5.74, 6) is -1.90. The van der Waals surface area contributed by atoms with Gasteiger partial charge in [0.2, 0.25) is 11.8 Å². The minimum Gasteiger partial charge on any atom is -0.478 e. The predicted octanol–water partition coefficient (Wildman–Crippen LogP) is 0.415. The molecule has 0 radical (unpaired) electrons. The van der Waals surface area contributed by atoms with Crippen molar-refractivity contribution in [3.63, 3.8) is 0 Å². The number of carboxylic acids is 1. The molecule has 0 saturated carbocycles. The highest BCUT2D eigenvalue weighted by Crippen LogP contribution is 2.23. The van der Waals surface area contributed by atoms with Crippen LogP contribution in [0.15, 0.2) is 29.1 Å². The number of nitrogens with zero attached hydrogens (tertiary/aromatic N) is 2. The zero-order valence-electron chi connectivity index (χ0n) is 12.9. The molecule has 0 spiro atoms. The third-order valence-corrected chi connectivity index (χ3v) is 4.05. The van der Waals surface area contributed by atoms with Crippen LogP contribution in [0.1, 0.15) is 24.4 Å². The highest BCUT2D eigenvalue weighted by Gasteiger charge is 2.31. The van der Waals surface area contributed by atoms with Gasteiger partial charge in [-0.2, -0.15) is 0 Å². The minimum atomic E-state index is -1.06. The van der Waals surface area contributed by atoms with Gasteiger partial charge in [0.15, 0.2) is 0 Å². The molecule has 1 atom stereocenters. The predicted molar refractivity (Wildman–Crippen MR) is 85.3 cm³/mol. The number of rotatable bonds is 3. The number of carboxylic acid groups (broad SMARTS) is 1. The molecule has 124 valence electrons. The monoisotopic (exact) mass is 329 g/mol. The van der Waals surface area contributed by atoms with Gasteiger partial charge in [-0.1, -0.05) is 6.07 Å². The van der Waals surface area contributed by atoms with Crippen molar-refractivity contribution in [3.8, 4) is 0 Å². The van der Waals surface area contributed by atoms with Crippen molar-refractivity contribution in [1.29, 1.82) is 0 Å². The molecule has 3 rings (SSSR count). The molecule has 2 aromatic rings. The van der Waals surface area contributed by atoms with E-state index >= 15 is 0 Å². The van der Waals surface area contributed by atoms with Gasteiger partial charge in [-0.05, 0) is 30.2 Å². The number of carbonyl (C=O) groups is 3. The van der Waals surface area contributed by atoms with Crippen LogP contribution in [-0.4, -0.2) is 32.0 Å². The second-order valence-corrected chi connectivity index (χ2v) is 5.60. The fraction of sp³-hybridized carbons (Fsp3) is 0.250. The fourth-order valence-electron chi connectivity index (χ4n) is 2.88. The van der Waals surface area contributed by atoms with Crippen molar-refractivity contribution in [2.45, 2.75) is 18.9 Å². The first-order valence-electron chi connectivity index (χ1n) is 7.34. The number of amides is 2. The van der Waals surface area contributed by atoms with Gasteiger partial charge in [0, 0.05) is 19.5 Å². The number of fused-ring (bicyclic) bond motifs is 1. The molecule has 1 aliphatic rings. The van der Waals surface area contributed by atoms with E-state index in [1.165, 1.54) is 15.2 Å². The van der Waals surface area contributed by atoms with E-state index in [-0.39, 0.29) is 24.4 Å². The Labute approximate surface area is 136 Å². The lowest BCUT2D eigenvalue weighted by Gasteiger charge is -2.21. The molecule has 0 bridgehead atoms. The topological polar surface area (TPSA) is 110 Å². The first kappa shape index (κ1) is 15.7. The normalized spacial score (nSPS) is 18.3. The van der Waals surface area contributed by atoms with Gasteiger partial charge < -0.3 is 5.11 Å². The molecule has 1 aromatic carbocycles. The van der Waals surface area contributed by atoms with Crippen molar-refractivity contribution in [1.82, 2.24) is 14.5 Å². The second-order valence-electron chi connectivity index (χ2n) is 5.60. The minimum absolute atomic E-state index is 0.179. The molecule has 1 fully saturated rings. The maximum atomic E-state index is 12.5. The van der Waals surface area contributed by atoms with Crippen LogP contribution in [0.2, 0.25) is 0 Å². The number of hydrogen-bond donors (Lipinski definition) is 2. The zero-order chi connectivity index (χ0) is 17.4. The number of aromatic nitrogens is 2. The maximum Gasteiger partial charge on any atom is 0.329 e. The molecule has 8 nitrogen and oxygen atoms in total. The third-order valence-electron chi connectivity index (χ3n) is 4.05. The number of carbonyl (C=O) groups excluding carboxylic acids is 2. The summed E-state index contributed by atoms with van der Waals surface area (Å²) in [6.45, 7) is 0. The van der Waals surface area contributed by atoms with Crippen molar-refractivity contribution in [2.75, 3.05) is 0 Å². The number of aliphatic carboxylic acids is 1. The SMILES string of the molecule is Cn1c(=O)n(C2CCC(=O)NC2=O)c2ccc(/C=C/C(=O)O)cc21. The molecule has 2 heterocycles. The zero-order valence-corrected chi connectivity index (χ0v) is 12.9. The molecular weight excluding hydrogens is 314 g/mol. The van der Waals surface area contributed by atoms with Crippen molar-refractivity contribution >= 4 is 34.9 Å². The Bertz CT molecular complexity index is 951. The Balaban J connectivity index is 2.11. The number of imide groups is 1. The molecule has 1 saturated heterocycles. The van der Waals surface area contributed by atoms with Crippen LogP contribution in [0.5, 0.6) is 0 Å². The first-order valence-corrected chi connectivity index (χ1v) is 7.34. The standard InChI is InChI=1S/C16H15N3O5/c1-18-12-8-9(3-7-14(21)22)2-4-10(12)19(16(18)24)11-5-6-13(20)17-15(11)23/h2-4,7-8,11H,5-6H2,1H3,(H,21,22)(H,17,20,23)/b7-3+. The average molecular weight is 329 g/mol. The summed E-state index contributed by atoms with van der Waals surface area (Å²) in [7, 11) is 1.58. The average Bonchev–Trinajstić information content (AvgIpc) is 2.77. The molecular formula is C16H15N3O5. The van der Waals surface area contributed by atoms with E-state index in [4.69, 9.17) is 5.11 Å². The Morgan fingerprint density at radius 3 is 2.71 bits per heavy atom. The smallest absolute Gasteiger partial charge is 0.329 e. The number of nitrogens with one attached hydrogen (secondary N) is 1. The summed E-state index contributed by atoms with van der Waals surface area (Å²) in [6.07, 6.45) is 2.88. The number of hydrogen-bond acceptors (Lipinski definition) is 4. The largest absolute Gasteiger partial charge is 0.478 e. The molecule has 0 aliphatic carbocycles. The van der Waals surface area contributed by atoms with Gasteiger partial charge in [-0.3, -0.25) is 24.0 Å². The quantitative estimate of drug-likeness (QED) is 0.626. The van der Waals surface area contributed by atoms with E-state index in [9.17, 15) is 19.2 Å². The Morgan fingerprint density at radius 2 is 2.04 bits per heavy atom. The Hall–Kier alpha value is -3.16. The number of benzene rings is 1. The van der Waals surface area contributed by atoms with Crippen LogP contribution < -0.4 is 11.0 Å². The lowest BCUT2D eigenvalue weighted by atomic mass is 10.1. The summed E-state index contributed by atoms with van der Waals surface area (Å²) in [4.78, 5) is 46.5. The Morgan fingerprint density at radius 1 is 1.29 bits per heavy atom. The van der Waals surface area contributed by atoms with Crippen LogP contribution >= 0.6 is 0 Å². The molecule has 1 aromatic heterocycles. The lowest BCUT2D eigenvalue weighted by molar-refractivity contribution is -0.136. The fourth-order valence-corrected chi connectivity index (χ4v) is 2.88. The number of piperidine rings is 1. The van der Waals surface area contributed by atoms with Crippen LogP contribution in [0.3, 0.4) is 0 Å². The molecule has 24 heavy (non-hydrogen) atoms. The molecule has 1 unspecified atom stereocenters. The van der Waals surface area contributed by atoms with E-state index in [2.05, 4.69) is 5.32 Å². The molecule has 8 heteroatoms. The van der Waals surface area contributed by atoms with Gasteiger partial charge in [0.1, 0.15) is 6.04 Å². The molecule has 2 N–H and O–H groups in total. The molecule has 1 aliphatic heterocycles. The van der Waals surface area contributed by atoms with Gasteiger partial charge in [-0.15, -0.1) is 0 Å². The third kappa shape index (κ3) is 2.62. The summed E-state index contributed by atoms with van der Waals surface area (Å²) in [5, 5.41) is 10.9. The van der Waals surface area contributed by atoms with Gasteiger partial charge >= 0.3 is 11.7 Å². The van der Waals surface area contributed by atoms with Crippen molar-refractivity contribution in [3.05, 3.63) is 40.3 Å². The second kappa shape index (κ2) is 5.80. The van der Waals surface area contributed by atoms with E-state index in [0.717, 1.165) is 6.08 Å². The summed E-state index contributed by atoms with van der Waals surface area (Å²) < 4.78 is 2.78. The maximum absolute atomic E-state index is 12.5. The van der Waals surface area contributed by atoms with Crippen LogP contribution in [0, 0.1) is 0 Å². The first-order chi connectivity index (χ1) is 11.4. The van der Waals surface area contributed by atoms with Gasteiger partial charge in [0.25, 0.3) is 0 Å². The number of aryl methyl sites for hydroxylation is 1. The number of imidazole rings is 1. The van der Waals surface area contributed by atoms with E-state index in [1.807, 2.05) is 0 Å². The molecule has 2 amide bonds. The van der Waals surface area contributed by atoms with Crippen molar-refractivity contribution in [2.24, 2.45) is 7.05 Å². The highest BCUT2D eigenvalue weighted by molar-refractivity contribution is 6.00. The van der Waals surface area contributed by atoms with Crippen LogP contribution in [0.25, 0.3) is 17.1 Å². The van der Waals surface area contributed by atoms with E-state index < -0.39 is 17.9 Å². The summed E-state index contributed by atoms with van der Waals surface area (Å²) in [5.41, 5.74) is 1.40. The summed E-state index contributed by atoms with van der Waals surface area (Å²) >= 11 is 0. The highest BCUT2D eigenvalue weighted by atomic mass is 16.4. The van der Waals surface area contributed by atoms with E-state index in [0.29, 0.717) is 16.6 Å². The summed E-state index contributed by atoms with van der Waals surface area (Å²) in [6, 6.07) is 4.28. The Kier molecular flexibility index (Phi) is 3.80. The van der Waals surface area contributed by atoms with Crippen LogP contribution in [-0.2, 0) is 21.4 Å². The van der Waals surface area contributed by atoms with Crippen molar-refractivity contribution < 1.29 is 19.5 Å². The van der Waals surface area contributed by atoms with E-state index in [1.54, 1.807) is 25.2 Å².